The maximum atomic E-state index is 14.4. The maximum Gasteiger partial charge on any atom is 0.318 e. The molecule has 0 N–H and O–H groups in total. The Hall–Kier alpha value is -4.01. The van der Waals surface area contributed by atoms with Crippen LogP contribution in [-0.4, -0.2) is 96.4 Å². The van der Waals surface area contributed by atoms with Crippen LogP contribution in [0.15, 0.2) is 48.8 Å². The highest BCUT2D eigenvalue weighted by Crippen LogP contribution is 2.40. The van der Waals surface area contributed by atoms with Gasteiger partial charge in [-0.1, -0.05) is 42.4 Å². The van der Waals surface area contributed by atoms with Gasteiger partial charge in [0, 0.05) is 55.4 Å². The van der Waals surface area contributed by atoms with Crippen molar-refractivity contribution in [1.82, 2.24) is 19.8 Å². The Bertz CT molecular complexity index is 1690. The van der Waals surface area contributed by atoms with E-state index in [9.17, 15) is 13.6 Å². The molecule has 1 saturated carbocycles. The minimum Gasteiger partial charge on any atom is -0.462 e. The molecule has 3 heterocycles. The van der Waals surface area contributed by atoms with Gasteiger partial charge >= 0.3 is 6.01 Å². The van der Waals surface area contributed by atoms with Gasteiger partial charge in [0.2, 0.25) is 6.54 Å². The summed E-state index contributed by atoms with van der Waals surface area (Å²) in [6.45, 7) is 15.4. The molecule has 1 amide bonds. The lowest BCUT2D eigenvalue weighted by Gasteiger charge is -2.41. The molecule has 2 aromatic carbocycles. The van der Waals surface area contributed by atoms with E-state index < -0.39 is 23.4 Å². The van der Waals surface area contributed by atoms with Crippen LogP contribution in [0.25, 0.3) is 15.6 Å². The van der Waals surface area contributed by atoms with Gasteiger partial charge in [0.1, 0.15) is 24.1 Å². The van der Waals surface area contributed by atoms with Gasteiger partial charge in [0.25, 0.3) is 5.91 Å². The highest BCUT2D eigenvalue weighted by molar-refractivity contribution is 6.36. The van der Waals surface area contributed by atoms with Gasteiger partial charge < -0.3 is 24.3 Å². The van der Waals surface area contributed by atoms with Crippen molar-refractivity contribution >= 4 is 39.8 Å². The number of benzene rings is 2. The monoisotopic (exact) mass is 649 g/mol. The maximum absolute atomic E-state index is 14.4. The topological polar surface area (TPSA) is 69.4 Å². The van der Waals surface area contributed by atoms with Crippen LogP contribution in [0, 0.1) is 6.57 Å². The van der Waals surface area contributed by atoms with Gasteiger partial charge in [-0.15, -0.1) is 0 Å². The Balaban J connectivity index is 1.31. The zero-order valence-electron chi connectivity index (χ0n) is 26.2. The van der Waals surface area contributed by atoms with E-state index in [1.807, 2.05) is 54.1 Å². The van der Waals surface area contributed by atoms with Gasteiger partial charge in [-0.3, -0.25) is 9.69 Å². The summed E-state index contributed by atoms with van der Waals surface area (Å²) < 4.78 is 34.5. The summed E-state index contributed by atoms with van der Waals surface area (Å²) in [5, 5.41) is 2.72. The fourth-order valence-corrected chi connectivity index (χ4v) is 6.69. The summed E-state index contributed by atoms with van der Waals surface area (Å²) in [6.07, 6.45) is 1.83. The van der Waals surface area contributed by atoms with Gasteiger partial charge in [-0.2, -0.15) is 9.97 Å². The average molecular weight is 650 g/mol. The van der Waals surface area contributed by atoms with Crippen LogP contribution >= 0.6 is 11.6 Å². The largest absolute Gasteiger partial charge is 0.462 e. The number of hydrogen-bond acceptors (Lipinski definition) is 7. The van der Waals surface area contributed by atoms with E-state index in [0.29, 0.717) is 62.8 Å². The molecule has 3 aromatic rings. The Morgan fingerprint density at radius 2 is 1.98 bits per heavy atom. The molecule has 2 fully saturated rings. The number of ether oxygens (including phenoxy) is 1. The molecule has 0 unspecified atom stereocenters. The predicted molar refractivity (Wildman–Crippen MR) is 176 cm³/mol. The molecule has 2 atom stereocenters. The number of anilines is 2. The molecule has 3 aliphatic rings. The molecule has 0 spiro atoms. The number of alkyl halides is 1. The normalized spacial score (nSPS) is 19.5. The van der Waals surface area contributed by atoms with E-state index in [4.69, 9.17) is 32.9 Å². The van der Waals surface area contributed by atoms with Crippen molar-refractivity contribution in [3.63, 3.8) is 0 Å². The molecule has 12 heteroatoms. The lowest BCUT2D eigenvalue weighted by atomic mass is 10.0. The minimum atomic E-state index is -1.10. The van der Waals surface area contributed by atoms with Crippen LogP contribution in [0.4, 0.5) is 20.3 Å². The number of amides is 1. The lowest BCUT2D eigenvalue weighted by molar-refractivity contribution is -0.131. The molecule has 0 radical (unpaired) electrons. The van der Waals surface area contributed by atoms with Crippen LogP contribution in [0.2, 0.25) is 5.02 Å². The van der Waals surface area contributed by atoms with Crippen molar-refractivity contribution in [3.8, 4) is 6.01 Å². The second kappa shape index (κ2) is 13.0. The third-order valence-corrected chi connectivity index (χ3v) is 9.62. The summed E-state index contributed by atoms with van der Waals surface area (Å²) >= 11 is 6.68. The average Bonchev–Trinajstić information content (AvgIpc) is 3.78. The zero-order chi connectivity index (χ0) is 32.6. The number of halogens is 3. The highest BCUT2D eigenvalue weighted by Gasteiger charge is 2.44. The second-order valence-electron chi connectivity index (χ2n) is 12.6. The highest BCUT2D eigenvalue weighted by atomic mass is 35.5. The van der Waals surface area contributed by atoms with Crippen molar-refractivity contribution in [2.45, 2.75) is 50.5 Å². The van der Waals surface area contributed by atoms with Crippen molar-refractivity contribution in [2.24, 2.45) is 0 Å². The predicted octanol–water partition coefficient (Wildman–Crippen LogP) is 5.47. The van der Waals surface area contributed by atoms with Gasteiger partial charge in [-0.25, -0.2) is 15.4 Å². The van der Waals surface area contributed by atoms with Crippen molar-refractivity contribution < 1.29 is 18.3 Å². The number of carbonyl (C=O) groups is 1. The molecule has 9 nitrogen and oxygen atoms in total. The van der Waals surface area contributed by atoms with Crippen molar-refractivity contribution in [2.75, 3.05) is 62.7 Å². The third kappa shape index (κ3) is 6.60. The number of likely N-dealkylation sites (N-methyl/N-ethyl adjacent to an activating group) is 1. The van der Waals surface area contributed by atoms with E-state index in [0.717, 1.165) is 27.7 Å². The standard InChI is InChI=1S/C34H38ClF2N7O2/c1-22(41(4)21-34(37)12-13-34)20-46-33-39-28-19-42(29-10-6-8-24-7-5-9-27(35)30(24)29)14-11-26(28)31(40-33)43-15-16-44(32(45)23(2)36)25(18-43)17-38-3/h5-10,22,25H,2,11-21H2,1,4H3/t22-,25+/m1/s1. The first-order valence-corrected chi connectivity index (χ1v) is 16.0. The van der Waals surface area contributed by atoms with Crippen LogP contribution in [0.5, 0.6) is 6.01 Å². The Kier molecular flexibility index (Phi) is 9.03. The van der Waals surface area contributed by atoms with Gasteiger partial charge in [0.05, 0.1) is 17.3 Å². The quantitative estimate of drug-likeness (QED) is 0.213. The number of fused-ring (bicyclic) bond motifs is 2. The molecule has 242 valence electrons. The fraction of sp³-hybridized carbons (Fsp3) is 0.471. The number of nitrogens with zero attached hydrogens (tertiary/aromatic N) is 7. The SMILES string of the molecule is [C-]#[N+]C[C@H]1CN(c2nc(OC[C@@H](C)N(C)CC3(F)CC3)nc3c2CCN(c2cccc4cccc(Cl)c24)C3)CCN1C(=O)C(=C)F. The molecule has 2 aliphatic heterocycles. The number of piperazine rings is 1. The molecular weight excluding hydrogens is 612 g/mol. The van der Waals surface area contributed by atoms with E-state index in [1.165, 1.54) is 4.90 Å². The number of hydrogen-bond donors (Lipinski definition) is 0. The van der Waals surface area contributed by atoms with E-state index in [2.05, 4.69) is 22.4 Å². The number of carbonyl (C=O) groups excluding carboxylic acids is 1. The molecular formula is C34H38ClF2N7O2. The zero-order valence-corrected chi connectivity index (χ0v) is 26.9. The molecule has 1 aliphatic carbocycles. The molecule has 1 saturated heterocycles. The molecule has 6 rings (SSSR count). The molecule has 0 bridgehead atoms. The third-order valence-electron chi connectivity index (χ3n) is 9.30. The second-order valence-corrected chi connectivity index (χ2v) is 13.0. The number of rotatable bonds is 10. The summed E-state index contributed by atoms with van der Waals surface area (Å²) in [5.74, 6) is -1.13. The summed E-state index contributed by atoms with van der Waals surface area (Å²) in [7, 11) is 1.89. The molecule has 46 heavy (non-hydrogen) atoms. The summed E-state index contributed by atoms with van der Waals surface area (Å²) in [6, 6.07) is 11.6. The Morgan fingerprint density at radius 1 is 1.22 bits per heavy atom. The smallest absolute Gasteiger partial charge is 0.318 e. The van der Waals surface area contributed by atoms with Crippen molar-refractivity contribution in [3.05, 3.63) is 76.5 Å². The first-order valence-electron chi connectivity index (χ1n) is 15.6. The van der Waals surface area contributed by atoms with E-state index >= 15 is 0 Å². The first-order chi connectivity index (χ1) is 22.1. The molecule has 1 aromatic heterocycles. The summed E-state index contributed by atoms with van der Waals surface area (Å²) in [5.41, 5.74) is 1.70. The minimum absolute atomic E-state index is 0.0294. The van der Waals surface area contributed by atoms with E-state index in [-0.39, 0.29) is 31.7 Å². The Labute approximate surface area is 273 Å². The van der Waals surface area contributed by atoms with Crippen LogP contribution < -0.4 is 14.5 Å². The number of aromatic nitrogens is 2. The van der Waals surface area contributed by atoms with Gasteiger partial charge in [-0.05, 0) is 50.8 Å². The fourth-order valence-electron chi connectivity index (χ4n) is 6.41. The first kappa shape index (κ1) is 32.0. The van der Waals surface area contributed by atoms with Crippen LogP contribution in [-0.2, 0) is 17.8 Å². The van der Waals surface area contributed by atoms with Gasteiger partial charge in [0.15, 0.2) is 5.83 Å². The van der Waals surface area contributed by atoms with Crippen molar-refractivity contribution in [1.29, 1.82) is 0 Å². The van der Waals surface area contributed by atoms with Crippen LogP contribution in [0.1, 0.15) is 31.0 Å². The van der Waals surface area contributed by atoms with E-state index in [1.54, 1.807) is 0 Å². The van der Waals surface area contributed by atoms with Crippen LogP contribution in [0.3, 0.4) is 0 Å². The Morgan fingerprint density at radius 3 is 2.70 bits per heavy atom. The lowest BCUT2D eigenvalue weighted by Crippen LogP contribution is -2.57. The summed E-state index contributed by atoms with van der Waals surface area (Å²) in [4.78, 5) is 33.5.